The Bertz CT molecular complexity index is 1030. The Morgan fingerprint density at radius 3 is 2.46 bits per heavy atom. The van der Waals surface area contributed by atoms with Crippen molar-refractivity contribution >= 4 is 11.8 Å². The third-order valence-corrected chi connectivity index (χ3v) is 7.82. The van der Waals surface area contributed by atoms with Gasteiger partial charge in [-0.3, -0.25) is 9.69 Å². The number of rotatable bonds is 7. The number of carbonyl (C=O) groups excluding carboxylic acids is 2. The number of benzene rings is 1. The van der Waals surface area contributed by atoms with Gasteiger partial charge in [0.05, 0.1) is 18.9 Å². The van der Waals surface area contributed by atoms with Crippen LogP contribution in [0.5, 0.6) is 11.5 Å². The first-order valence-electron chi connectivity index (χ1n) is 12.6. The summed E-state index contributed by atoms with van der Waals surface area (Å²) in [4.78, 5) is 31.7. The molecular formula is C29H41N3O4Os. The Balaban J connectivity index is 0.00000241. The van der Waals surface area contributed by atoms with E-state index in [2.05, 4.69) is 30.9 Å². The molecule has 1 saturated heterocycles. The van der Waals surface area contributed by atoms with Crippen LogP contribution in [-0.4, -0.2) is 83.5 Å². The Kier molecular flexibility index (Phi) is 10.8. The molecule has 1 unspecified atom stereocenters. The Morgan fingerprint density at radius 1 is 1.14 bits per heavy atom. The summed E-state index contributed by atoms with van der Waals surface area (Å²) in [5.41, 5.74) is 3.63. The van der Waals surface area contributed by atoms with Gasteiger partial charge in [0.25, 0.3) is 0 Å². The molecule has 0 bridgehead atoms. The molecule has 1 N–H and O–H groups in total. The van der Waals surface area contributed by atoms with Gasteiger partial charge in [0, 0.05) is 44.8 Å². The van der Waals surface area contributed by atoms with E-state index in [4.69, 9.17) is 4.74 Å². The third kappa shape index (κ3) is 6.78. The van der Waals surface area contributed by atoms with Gasteiger partial charge in [0.1, 0.15) is 0 Å². The Hall–Kier alpha value is -2.29. The number of aryl methyl sites for hydroxylation is 1. The van der Waals surface area contributed by atoms with E-state index in [1.54, 1.807) is 26.5 Å². The monoisotopic (exact) mass is 687 g/mol. The number of aromatic hydroxyl groups is 1. The molecule has 1 aromatic carbocycles. The zero-order valence-corrected chi connectivity index (χ0v) is 25.3. The van der Waals surface area contributed by atoms with Crippen molar-refractivity contribution in [2.45, 2.75) is 45.6 Å². The molecule has 0 aromatic heterocycles. The van der Waals surface area contributed by atoms with Crippen LogP contribution in [0.1, 0.15) is 39.2 Å². The molecule has 1 aliphatic carbocycles. The normalized spacial score (nSPS) is 19.6. The van der Waals surface area contributed by atoms with Crippen LogP contribution in [0.15, 0.2) is 41.5 Å². The van der Waals surface area contributed by atoms with Crippen LogP contribution < -0.4 is 4.74 Å². The maximum absolute atomic E-state index is 13.5. The van der Waals surface area contributed by atoms with Gasteiger partial charge >= 0.3 is 19.8 Å². The van der Waals surface area contributed by atoms with Gasteiger partial charge < -0.3 is 38.3 Å². The minimum Gasteiger partial charge on any atom is -0.504 e. The Labute approximate surface area is 235 Å². The SMILES string of the molecule is C[CH-]C(=O)N1CCN(C(=O)C2CC=CC3=C2CN(C(C)(C)CCc2ccc(O)c(OC)c2)C3)CC1.[CH3-].[Os+2]. The zero-order chi connectivity index (χ0) is 25.2. The number of phenolic OH excluding ortho intramolecular Hbond substituents is 1. The van der Waals surface area contributed by atoms with E-state index in [-0.39, 0.29) is 56.2 Å². The summed E-state index contributed by atoms with van der Waals surface area (Å²) in [6.07, 6.45) is 8.52. The van der Waals surface area contributed by atoms with Crippen molar-refractivity contribution in [2.75, 3.05) is 46.4 Å². The molecule has 0 spiro atoms. The van der Waals surface area contributed by atoms with Crippen molar-refractivity contribution in [2.24, 2.45) is 5.92 Å². The standard InChI is InChI=1S/C28H38N3O4.CH3.Os/c1-5-26(33)29-13-15-30(16-14-29)27(34)22-8-6-7-21-18-31(19-23(21)22)28(2,3)12-11-20-9-10-24(32)25(17-20)35-4;;/h5-7,9-10,17,22,32H,8,11-16,18-19H2,1-4H3;1H3;/q2*-1;+2. The quantitative estimate of drug-likeness (QED) is 0.444. The smallest absolute Gasteiger partial charge is 0.504 e. The van der Waals surface area contributed by atoms with Crippen LogP contribution in [0.3, 0.4) is 0 Å². The van der Waals surface area contributed by atoms with Gasteiger partial charge in [0.2, 0.25) is 5.91 Å². The largest absolute Gasteiger partial charge is 2.00 e. The number of amides is 2. The van der Waals surface area contributed by atoms with E-state index in [1.165, 1.54) is 11.1 Å². The molecular weight excluding hydrogens is 645 g/mol. The maximum Gasteiger partial charge on any atom is 2.00 e. The molecule has 3 aliphatic rings. The molecule has 37 heavy (non-hydrogen) atoms. The second-order valence-corrected chi connectivity index (χ2v) is 10.4. The Morgan fingerprint density at radius 2 is 1.81 bits per heavy atom. The van der Waals surface area contributed by atoms with Gasteiger partial charge in [-0.05, 0) is 62.0 Å². The van der Waals surface area contributed by atoms with Crippen LogP contribution in [0, 0.1) is 19.8 Å². The van der Waals surface area contributed by atoms with E-state index in [0.717, 1.165) is 37.9 Å². The topological polar surface area (TPSA) is 73.3 Å². The average Bonchev–Trinajstić information content (AvgIpc) is 3.33. The molecule has 7 nitrogen and oxygen atoms in total. The van der Waals surface area contributed by atoms with E-state index in [0.29, 0.717) is 31.9 Å². The van der Waals surface area contributed by atoms with Crippen molar-refractivity contribution in [3.05, 3.63) is 60.9 Å². The molecule has 2 heterocycles. The molecule has 4 rings (SSSR count). The molecule has 1 aromatic rings. The summed E-state index contributed by atoms with van der Waals surface area (Å²) < 4.78 is 5.26. The molecule has 2 aliphatic heterocycles. The fourth-order valence-electron chi connectivity index (χ4n) is 5.37. The van der Waals surface area contributed by atoms with Crippen molar-refractivity contribution < 1.29 is 39.2 Å². The first kappa shape index (κ1) is 30.9. The molecule has 1 fully saturated rings. The van der Waals surface area contributed by atoms with Crippen molar-refractivity contribution in [1.82, 2.24) is 14.7 Å². The second-order valence-electron chi connectivity index (χ2n) is 10.4. The first-order valence-corrected chi connectivity index (χ1v) is 12.6. The van der Waals surface area contributed by atoms with Gasteiger partial charge in [-0.2, -0.15) is 6.92 Å². The molecule has 0 radical (unpaired) electrons. The number of carbonyl (C=O) groups is 2. The number of piperazine rings is 1. The predicted octanol–water partition coefficient (Wildman–Crippen LogP) is 3.64. The van der Waals surface area contributed by atoms with Crippen molar-refractivity contribution in [3.8, 4) is 11.5 Å². The van der Waals surface area contributed by atoms with Gasteiger partial charge in [-0.15, -0.1) is 0 Å². The minimum atomic E-state index is -0.0999. The first-order chi connectivity index (χ1) is 16.7. The molecule has 2 amide bonds. The average molecular weight is 686 g/mol. The molecule has 1 atom stereocenters. The number of methoxy groups -OCH3 is 1. The zero-order valence-electron chi connectivity index (χ0n) is 22.8. The summed E-state index contributed by atoms with van der Waals surface area (Å²) in [6.45, 7) is 10.4. The number of phenols is 1. The van der Waals surface area contributed by atoms with E-state index < -0.39 is 0 Å². The molecule has 204 valence electrons. The summed E-state index contributed by atoms with van der Waals surface area (Å²) in [6, 6.07) is 5.54. The summed E-state index contributed by atoms with van der Waals surface area (Å²) in [7, 11) is 1.57. The van der Waals surface area contributed by atoms with Crippen molar-refractivity contribution in [1.29, 1.82) is 0 Å². The third-order valence-electron chi connectivity index (χ3n) is 7.82. The summed E-state index contributed by atoms with van der Waals surface area (Å²) in [5.74, 6) is 0.804. The van der Waals surface area contributed by atoms with Crippen LogP contribution in [0.4, 0.5) is 0 Å². The number of hydrogen-bond donors (Lipinski definition) is 1. The number of ether oxygens (including phenoxy) is 1. The number of hydrogen-bond acceptors (Lipinski definition) is 5. The van der Waals surface area contributed by atoms with Crippen LogP contribution >= 0.6 is 0 Å². The van der Waals surface area contributed by atoms with E-state index >= 15 is 0 Å². The molecule has 8 heteroatoms. The summed E-state index contributed by atoms with van der Waals surface area (Å²) >= 11 is 0. The van der Waals surface area contributed by atoms with Gasteiger partial charge in [-0.25, -0.2) is 0 Å². The van der Waals surface area contributed by atoms with Gasteiger partial charge in [-0.1, -0.05) is 18.2 Å². The number of nitrogens with zero attached hydrogens (tertiary/aromatic N) is 3. The van der Waals surface area contributed by atoms with Crippen molar-refractivity contribution in [3.63, 3.8) is 0 Å². The fraction of sp³-hybridized carbons (Fsp3) is 0.517. The minimum absolute atomic E-state index is 0. The molecule has 0 saturated carbocycles. The predicted molar refractivity (Wildman–Crippen MR) is 142 cm³/mol. The summed E-state index contributed by atoms with van der Waals surface area (Å²) in [5, 5.41) is 9.87. The van der Waals surface area contributed by atoms with Crippen LogP contribution in [-0.2, 0) is 35.8 Å². The fourth-order valence-corrected chi connectivity index (χ4v) is 5.37. The second kappa shape index (κ2) is 13.0. The van der Waals surface area contributed by atoms with E-state index in [1.807, 2.05) is 21.9 Å². The van der Waals surface area contributed by atoms with E-state index in [9.17, 15) is 14.7 Å². The van der Waals surface area contributed by atoms with Gasteiger partial charge in [0.15, 0.2) is 11.5 Å². The van der Waals surface area contributed by atoms with Crippen LogP contribution in [0.2, 0.25) is 0 Å². The van der Waals surface area contributed by atoms with Crippen LogP contribution in [0.25, 0.3) is 0 Å². The maximum atomic E-state index is 13.5. The number of allylic oxidation sites excluding steroid dienone is 1.